The summed E-state index contributed by atoms with van der Waals surface area (Å²) in [6.07, 6.45) is -4.46. The Labute approximate surface area is 147 Å². The first-order valence-corrected chi connectivity index (χ1v) is 7.76. The van der Waals surface area contributed by atoms with Crippen LogP contribution in [0.3, 0.4) is 0 Å². The molecule has 1 aromatic heterocycles. The zero-order chi connectivity index (χ0) is 18.7. The second kappa shape index (κ2) is 7.17. The van der Waals surface area contributed by atoms with Crippen LogP contribution in [0, 0.1) is 0 Å². The highest BCUT2D eigenvalue weighted by atomic mass is 19.4. The Bertz CT molecular complexity index is 929. The van der Waals surface area contributed by atoms with Gasteiger partial charge in [0.1, 0.15) is 6.61 Å². The molecule has 0 unspecified atom stereocenters. The monoisotopic (exact) mass is 363 g/mol. The van der Waals surface area contributed by atoms with E-state index in [0.29, 0.717) is 23.1 Å². The molecule has 0 aliphatic rings. The van der Waals surface area contributed by atoms with Crippen molar-refractivity contribution in [3.05, 3.63) is 48.0 Å². The van der Waals surface area contributed by atoms with Gasteiger partial charge >= 0.3 is 6.18 Å². The molecule has 0 atom stereocenters. The second-order valence-electron chi connectivity index (χ2n) is 5.50. The highest BCUT2D eigenvalue weighted by Gasteiger charge is 2.33. The summed E-state index contributed by atoms with van der Waals surface area (Å²) in [5.74, 6) is 0.226. The summed E-state index contributed by atoms with van der Waals surface area (Å²) in [5, 5.41) is 0.477. The maximum atomic E-state index is 13.3. The number of nitrogens with two attached hydrogens (primary N) is 1. The van der Waals surface area contributed by atoms with Crippen molar-refractivity contribution in [1.82, 2.24) is 9.97 Å². The van der Waals surface area contributed by atoms with Crippen molar-refractivity contribution in [3.8, 4) is 17.0 Å². The number of anilines is 1. The summed E-state index contributed by atoms with van der Waals surface area (Å²) in [5.41, 5.74) is 5.91. The summed E-state index contributed by atoms with van der Waals surface area (Å²) >= 11 is 0. The van der Waals surface area contributed by atoms with Crippen LogP contribution in [0.25, 0.3) is 22.0 Å². The molecule has 3 aromatic rings. The Morgan fingerprint density at radius 2 is 1.81 bits per heavy atom. The predicted molar refractivity (Wildman–Crippen MR) is 91.8 cm³/mol. The smallest absolute Gasteiger partial charge is 0.417 e. The van der Waals surface area contributed by atoms with E-state index in [2.05, 4.69) is 9.97 Å². The maximum Gasteiger partial charge on any atom is 0.417 e. The molecule has 0 radical (unpaired) electrons. The van der Waals surface area contributed by atoms with Gasteiger partial charge in [-0.15, -0.1) is 0 Å². The Balaban J connectivity index is 2.12. The van der Waals surface area contributed by atoms with E-state index in [0.717, 1.165) is 6.07 Å². The number of ether oxygens (including phenoxy) is 2. The average Bonchev–Trinajstić information content (AvgIpc) is 2.61. The van der Waals surface area contributed by atoms with E-state index in [1.807, 2.05) is 0 Å². The van der Waals surface area contributed by atoms with Gasteiger partial charge in [-0.3, -0.25) is 0 Å². The van der Waals surface area contributed by atoms with Crippen molar-refractivity contribution in [1.29, 1.82) is 0 Å². The highest BCUT2D eigenvalue weighted by molar-refractivity contribution is 5.89. The maximum absolute atomic E-state index is 13.3. The predicted octanol–water partition coefficient (Wildman–Crippen LogP) is 3.92. The minimum absolute atomic E-state index is 0.0216. The number of methoxy groups -OCH3 is 1. The molecule has 0 aliphatic heterocycles. The summed E-state index contributed by atoms with van der Waals surface area (Å²) in [7, 11) is 1.53. The Hall–Kier alpha value is -2.87. The molecule has 3 rings (SSSR count). The van der Waals surface area contributed by atoms with Crippen molar-refractivity contribution in [2.24, 2.45) is 0 Å². The zero-order valence-corrected chi connectivity index (χ0v) is 13.9. The van der Waals surface area contributed by atoms with Crippen molar-refractivity contribution in [2.45, 2.75) is 6.18 Å². The van der Waals surface area contributed by atoms with E-state index in [1.54, 1.807) is 24.3 Å². The zero-order valence-electron chi connectivity index (χ0n) is 13.9. The van der Waals surface area contributed by atoms with Crippen LogP contribution >= 0.6 is 0 Å². The first kappa shape index (κ1) is 17.9. The van der Waals surface area contributed by atoms with Gasteiger partial charge in [0, 0.05) is 7.11 Å². The third kappa shape index (κ3) is 3.70. The molecule has 1 heterocycles. The number of hydrogen-bond acceptors (Lipinski definition) is 5. The minimum Gasteiger partial charge on any atom is -0.475 e. The lowest BCUT2D eigenvalue weighted by molar-refractivity contribution is -0.137. The van der Waals surface area contributed by atoms with E-state index in [1.165, 1.54) is 19.2 Å². The number of hydrogen-bond donors (Lipinski definition) is 1. The van der Waals surface area contributed by atoms with Crippen LogP contribution in [0.5, 0.6) is 5.88 Å². The molecule has 0 saturated carbocycles. The fourth-order valence-electron chi connectivity index (χ4n) is 2.60. The third-order valence-corrected chi connectivity index (χ3v) is 3.75. The molecule has 0 aliphatic carbocycles. The van der Waals surface area contributed by atoms with Gasteiger partial charge in [0.05, 0.1) is 23.1 Å². The van der Waals surface area contributed by atoms with E-state index in [-0.39, 0.29) is 24.0 Å². The molecule has 5 nitrogen and oxygen atoms in total. The molecule has 2 N–H and O–H groups in total. The van der Waals surface area contributed by atoms with Crippen LogP contribution < -0.4 is 10.5 Å². The van der Waals surface area contributed by atoms with Crippen molar-refractivity contribution in [2.75, 3.05) is 26.1 Å². The molecule has 136 valence electrons. The highest BCUT2D eigenvalue weighted by Crippen LogP contribution is 2.38. The van der Waals surface area contributed by atoms with Crippen molar-refractivity contribution in [3.63, 3.8) is 0 Å². The van der Waals surface area contributed by atoms with Crippen LogP contribution in [0.2, 0.25) is 0 Å². The normalized spacial score (nSPS) is 11.7. The second-order valence-corrected chi connectivity index (χ2v) is 5.50. The molecule has 2 aromatic carbocycles. The molecular formula is C18H16F3N3O2. The van der Waals surface area contributed by atoms with Gasteiger partial charge in [0.2, 0.25) is 11.8 Å². The van der Waals surface area contributed by atoms with Gasteiger partial charge in [0.25, 0.3) is 0 Å². The van der Waals surface area contributed by atoms with Crippen molar-refractivity contribution < 1.29 is 22.6 Å². The number of rotatable bonds is 5. The van der Waals surface area contributed by atoms with Gasteiger partial charge in [-0.25, -0.2) is 4.98 Å². The van der Waals surface area contributed by atoms with Crippen LogP contribution in [-0.4, -0.2) is 30.3 Å². The molecule has 0 saturated heterocycles. The summed E-state index contributed by atoms with van der Waals surface area (Å²) < 4.78 is 50.4. The lowest BCUT2D eigenvalue weighted by Crippen LogP contribution is -2.08. The number of nitrogens with zero attached hydrogens (tertiary/aromatic N) is 2. The Kier molecular flexibility index (Phi) is 4.94. The summed E-state index contributed by atoms with van der Waals surface area (Å²) in [6.45, 7) is 0.563. The molecule has 0 amide bonds. The first-order valence-electron chi connectivity index (χ1n) is 7.76. The standard InChI is InChI=1S/C18H16F3N3O2/c1-25-8-9-26-16-13-10-11(6-7-15(13)23-17(22)24-16)12-4-2-3-5-14(12)18(19,20)21/h2-7,10H,8-9H2,1H3,(H2,22,23,24). The molecule has 26 heavy (non-hydrogen) atoms. The van der Waals surface area contributed by atoms with Crippen LogP contribution in [-0.2, 0) is 10.9 Å². The first-order chi connectivity index (χ1) is 12.4. The number of alkyl halides is 3. The molecular weight excluding hydrogens is 347 g/mol. The van der Waals surface area contributed by atoms with Crippen LogP contribution in [0.4, 0.5) is 19.1 Å². The van der Waals surface area contributed by atoms with E-state index in [9.17, 15) is 13.2 Å². The van der Waals surface area contributed by atoms with Gasteiger partial charge < -0.3 is 15.2 Å². The number of aromatic nitrogens is 2. The summed E-state index contributed by atoms with van der Waals surface area (Å²) in [4.78, 5) is 8.15. The van der Waals surface area contributed by atoms with E-state index < -0.39 is 11.7 Å². The summed E-state index contributed by atoms with van der Waals surface area (Å²) in [6, 6.07) is 10.1. The quantitative estimate of drug-likeness (QED) is 0.696. The van der Waals surface area contributed by atoms with Crippen LogP contribution in [0.15, 0.2) is 42.5 Å². The fraction of sp³-hybridized carbons (Fsp3) is 0.222. The minimum atomic E-state index is -4.46. The van der Waals surface area contributed by atoms with Crippen molar-refractivity contribution >= 4 is 16.9 Å². The van der Waals surface area contributed by atoms with Gasteiger partial charge in [-0.1, -0.05) is 24.3 Å². The van der Waals surface area contributed by atoms with Gasteiger partial charge in [-0.05, 0) is 29.3 Å². The number of nitrogen functional groups attached to an aromatic ring is 1. The van der Waals surface area contributed by atoms with E-state index in [4.69, 9.17) is 15.2 Å². The average molecular weight is 363 g/mol. The molecule has 0 fully saturated rings. The Morgan fingerprint density at radius 3 is 2.54 bits per heavy atom. The molecule has 8 heteroatoms. The topological polar surface area (TPSA) is 70.3 Å². The van der Waals surface area contributed by atoms with E-state index >= 15 is 0 Å². The molecule has 0 spiro atoms. The van der Waals surface area contributed by atoms with Gasteiger partial charge in [-0.2, -0.15) is 18.2 Å². The number of benzene rings is 2. The Morgan fingerprint density at radius 1 is 1.04 bits per heavy atom. The molecule has 0 bridgehead atoms. The lowest BCUT2D eigenvalue weighted by atomic mass is 9.98. The fourth-order valence-corrected chi connectivity index (χ4v) is 2.60. The van der Waals surface area contributed by atoms with Gasteiger partial charge in [0.15, 0.2) is 0 Å². The lowest BCUT2D eigenvalue weighted by Gasteiger charge is -2.14. The number of fused-ring (bicyclic) bond motifs is 1. The third-order valence-electron chi connectivity index (χ3n) is 3.75. The largest absolute Gasteiger partial charge is 0.475 e. The SMILES string of the molecule is COCCOc1nc(N)nc2ccc(-c3ccccc3C(F)(F)F)cc12. The van der Waals surface area contributed by atoms with Crippen LogP contribution in [0.1, 0.15) is 5.56 Å². The number of halogens is 3.